The molecule has 1 unspecified atom stereocenters. The van der Waals surface area contributed by atoms with Gasteiger partial charge in [-0.05, 0) is 24.5 Å². The highest BCUT2D eigenvalue weighted by Crippen LogP contribution is 2.23. The average molecular weight is 191 g/mol. The molecule has 1 aliphatic heterocycles. The van der Waals surface area contributed by atoms with E-state index < -0.39 is 12.0 Å². The van der Waals surface area contributed by atoms with Crippen molar-refractivity contribution in [2.75, 3.05) is 6.54 Å². The second kappa shape index (κ2) is 3.42. The van der Waals surface area contributed by atoms with Gasteiger partial charge in [0.2, 0.25) is 0 Å². The molecule has 1 aromatic carbocycles. The third kappa shape index (κ3) is 1.51. The zero-order valence-electron chi connectivity index (χ0n) is 8.08. The van der Waals surface area contributed by atoms with Gasteiger partial charge in [0.1, 0.15) is 6.04 Å². The number of fused-ring (bicyclic) bond motifs is 1. The molecule has 2 rings (SSSR count). The van der Waals surface area contributed by atoms with E-state index in [9.17, 15) is 4.79 Å². The van der Waals surface area contributed by atoms with Crippen LogP contribution in [0.2, 0.25) is 0 Å². The summed E-state index contributed by atoms with van der Waals surface area (Å²) in [5.74, 6) is -0.795. The van der Waals surface area contributed by atoms with Crippen molar-refractivity contribution in [3.63, 3.8) is 0 Å². The van der Waals surface area contributed by atoms with Crippen molar-refractivity contribution in [2.45, 2.75) is 19.4 Å². The molecule has 0 saturated carbocycles. The molecule has 0 spiro atoms. The number of aliphatic carboxylic acids is 1. The lowest BCUT2D eigenvalue weighted by Crippen LogP contribution is -2.35. The third-order valence-electron chi connectivity index (χ3n) is 2.60. The first-order valence-electron chi connectivity index (χ1n) is 4.74. The quantitative estimate of drug-likeness (QED) is 0.702. The van der Waals surface area contributed by atoms with E-state index in [1.165, 1.54) is 0 Å². The highest BCUT2D eigenvalue weighted by Gasteiger charge is 2.25. The fourth-order valence-electron chi connectivity index (χ4n) is 1.89. The molecular formula is C11H13NO2. The van der Waals surface area contributed by atoms with Crippen LogP contribution in [0.1, 0.15) is 22.7 Å². The lowest BCUT2D eigenvalue weighted by Gasteiger charge is -2.24. The summed E-state index contributed by atoms with van der Waals surface area (Å²) in [6.07, 6.45) is 0.916. The molecule has 3 heteroatoms. The molecule has 0 fully saturated rings. The lowest BCUT2D eigenvalue weighted by molar-refractivity contribution is -0.139. The minimum atomic E-state index is -0.795. The Hall–Kier alpha value is -1.35. The topological polar surface area (TPSA) is 49.3 Å². The van der Waals surface area contributed by atoms with Gasteiger partial charge in [-0.25, -0.2) is 0 Å². The number of carboxylic acids is 1. The van der Waals surface area contributed by atoms with E-state index in [4.69, 9.17) is 5.11 Å². The number of carbonyl (C=O) groups is 1. The summed E-state index contributed by atoms with van der Waals surface area (Å²) < 4.78 is 0. The van der Waals surface area contributed by atoms with Crippen molar-refractivity contribution in [3.8, 4) is 0 Å². The summed E-state index contributed by atoms with van der Waals surface area (Å²) in [4.78, 5) is 11.0. The van der Waals surface area contributed by atoms with Crippen LogP contribution in [0.4, 0.5) is 0 Å². The van der Waals surface area contributed by atoms with Crippen molar-refractivity contribution in [1.29, 1.82) is 0 Å². The zero-order chi connectivity index (χ0) is 10.1. The van der Waals surface area contributed by atoms with E-state index in [0.717, 1.165) is 29.7 Å². The Labute approximate surface area is 82.8 Å². The minimum absolute atomic E-state index is 0.529. The first kappa shape index (κ1) is 9.21. The molecule has 1 atom stereocenters. The first-order valence-corrected chi connectivity index (χ1v) is 4.74. The second-order valence-corrected chi connectivity index (χ2v) is 3.68. The van der Waals surface area contributed by atoms with Gasteiger partial charge >= 0.3 is 5.97 Å². The molecule has 1 heterocycles. The van der Waals surface area contributed by atoms with Gasteiger partial charge in [0.15, 0.2) is 0 Å². The van der Waals surface area contributed by atoms with E-state index in [-0.39, 0.29) is 0 Å². The molecule has 0 aliphatic carbocycles. The van der Waals surface area contributed by atoms with E-state index in [2.05, 4.69) is 5.32 Å². The molecule has 0 bridgehead atoms. The molecule has 0 radical (unpaired) electrons. The van der Waals surface area contributed by atoms with Crippen molar-refractivity contribution in [3.05, 3.63) is 34.9 Å². The van der Waals surface area contributed by atoms with Crippen LogP contribution in [0.25, 0.3) is 0 Å². The number of hydrogen-bond acceptors (Lipinski definition) is 2. The fraction of sp³-hybridized carbons (Fsp3) is 0.364. The SMILES string of the molecule is Cc1ccc2c(c1)C(C(=O)O)NCC2. The van der Waals surface area contributed by atoms with Gasteiger partial charge in [-0.15, -0.1) is 0 Å². The number of rotatable bonds is 1. The Morgan fingerprint density at radius 1 is 1.57 bits per heavy atom. The molecule has 0 aromatic heterocycles. The van der Waals surface area contributed by atoms with Crippen molar-refractivity contribution >= 4 is 5.97 Å². The Balaban J connectivity index is 2.46. The second-order valence-electron chi connectivity index (χ2n) is 3.68. The van der Waals surface area contributed by atoms with E-state index in [1.807, 2.05) is 25.1 Å². The van der Waals surface area contributed by atoms with Crippen LogP contribution in [0, 0.1) is 6.92 Å². The van der Waals surface area contributed by atoms with Gasteiger partial charge in [0.05, 0.1) is 0 Å². The maximum absolute atomic E-state index is 11.0. The normalized spacial score (nSPS) is 20.2. The fourth-order valence-corrected chi connectivity index (χ4v) is 1.89. The molecule has 2 N–H and O–H groups in total. The summed E-state index contributed by atoms with van der Waals surface area (Å²) >= 11 is 0. The first-order chi connectivity index (χ1) is 6.68. The predicted octanol–water partition coefficient (Wildman–Crippen LogP) is 1.27. The zero-order valence-corrected chi connectivity index (χ0v) is 8.08. The minimum Gasteiger partial charge on any atom is -0.480 e. The summed E-state index contributed by atoms with van der Waals surface area (Å²) in [6.45, 7) is 2.72. The van der Waals surface area contributed by atoms with Crippen LogP contribution >= 0.6 is 0 Å². The molecule has 0 amide bonds. The Morgan fingerprint density at radius 2 is 2.36 bits per heavy atom. The number of aryl methyl sites for hydroxylation is 1. The highest BCUT2D eigenvalue weighted by molar-refractivity contribution is 5.76. The number of carboxylic acid groups (broad SMARTS) is 1. The van der Waals surface area contributed by atoms with Gasteiger partial charge in [-0.3, -0.25) is 4.79 Å². The Kier molecular flexibility index (Phi) is 2.25. The largest absolute Gasteiger partial charge is 0.480 e. The van der Waals surface area contributed by atoms with Crippen LogP contribution in [0.15, 0.2) is 18.2 Å². The van der Waals surface area contributed by atoms with Gasteiger partial charge in [-0.2, -0.15) is 0 Å². The molecule has 1 aromatic rings. The predicted molar refractivity (Wildman–Crippen MR) is 53.3 cm³/mol. The monoisotopic (exact) mass is 191 g/mol. The van der Waals surface area contributed by atoms with Crippen LogP contribution in [-0.4, -0.2) is 17.6 Å². The molecular weight excluding hydrogens is 178 g/mol. The maximum Gasteiger partial charge on any atom is 0.325 e. The van der Waals surface area contributed by atoms with Crippen molar-refractivity contribution in [2.24, 2.45) is 0 Å². The molecule has 0 saturated heterocycles. The maximum atomic E-state index is 11.0. The van der Waals surface area contributed by atoms with E-state index in [1.54, 1.807) is 0 Å². The molecule has 3 nitrogen and oxygen atoms in total. The van der Waals surface area contributed by atoms with Crippen LogP contribution in [0.5, 0.6) is 0 Å². The van der Waals surface area contributed by atoms with Gasteiger partial charge < -0.3 is 10.4 Å². The highest BCUT2D eigenvalue weighted by atomic mass is 16.4. The third-order valence-corrected chi connectivity index (χ3v) is 2.60. The number of benzene rings is 1. The van der Waals surface area contributed by atoms with E-state index >= 15 is 0 Å². The molecule has 1 aliphatic rings. The standard InChI is InChI=1S/C11H13NO2/c1-7-2-3-8-4-5-12-10(11(13)14)9(8)6-7/h2-3,6,10,12H,4-5H2,1H3,(H,13,14). The van der Waals surface area contributed by atoms with Crippen molar-refractivity contribution in [1.82, 2.24) is 5.32 Å². The van der Waals surface area contributed by atoms with Gasteiger partial charge in [-0.1, -0.05) is 23.8 Å². The summed E-state index contributed by atoms with van der Waals surface area (Å²) in [7, 11) is 0. The van der Waals surface area contributed by atoms with Crippen LogP contribution < -0.4 is 5.32 Å². The summed E-state index contributed by atoms with van der Waals surface area (Å²) in [5, 5.41) is 12.0. The summed E-state index contributed by atoms with van der Waals surface area (Å²) in [5.41, 5.74) is 3.18. The van der Waals surface area contributed by atoms with Crippen molar-refractivity contribution < 1.29 is 9.90 Å². The smallest absolute Gasteiger partial charge is 0.325 e. The lowest BCUT2D eigenvalue weighted by atomic mass is 9.93. The Morgan fingerprint density at radius 3 is 3.07 bits per heavy atom. The van der Waals surface area contributed by atoms with Crippen LogP contribution in [-0.2, 0) is 11.2 Å². The van der Waals surface area contributed by atoms with E-state index in [0.29, 0.717) is 0 Å². The summed E-state index contributed by atoms with van der Waals surface area (Å²) in [6, 6.07) is 5.49. The number of hydrogen-bond donors (Lipinski definition) is 2. The van der Waals surface area contributed by atoms with Gasteiger partial charge in [0, 0.05) is 6.54 Å². The number of nitrogens with one attached hydrogen (secondary N) is 1. The van der Waals surface area contributed by atoms with Gasteiger partial charge in [0.25, 0.3) is 0 Å². The Bertz CT molecular complexity index is 374. The average Bonchev–Trinajstić information content (AvgIpc) is 2.16. The molecule has 14 heavy (non-hydrogen) atoms. The van der Waals surface area contributed by atoms with Crippen LogP contribution in [0.3, 0.4) is 0 Å². The molecule has 74 valence electrons.